The Hall–Kier alpha value is -0.770. The monoisotopic (exact) mass is 281 g/mol. The van der Waals surface area contributed by atoms with Gasteiger partial charge in [0.25, 0.3) is 0 Å². The first-order valence-electron chi connectivity index (χ1n) is 8.15. The first kappa shape index (κ1) is 15.6. The largest absolute Gasteiger partial charge is 0.409 e. The van der Waals surface area contributed by atoms with E-state index in [1.54, 1.807) is 0 Å². The predicted octanol–water partition coefficient (Wildman–Crippen LogP) is 2.95. The lowest BCUT2D eigenvalue weighted by Crippen LogP contribution is -2.38. The summed E-state index contributed by atoms with van der Waals surface area (Å²) in [7, 11) is 0. The molecule has 0 aromatic carbocycles. The number of oxime groups is 1. The van der Waals surface area contributed by atoms with E-state index in [1.165, 1.54) is 25.7 Å². The maximum atomic E-state index is 8.77. The highest BCUT2D eigenvalue weighted by Gasteiger charge is 2.41. The number of amidine groups is 1. The molecule has 4 N–H and O–H groups in total. The normalized spacial score (nSPS) is 31.8. The zero-order chi connectivity index (χ0) is 14.8. The number of nitrogens with one attached hydrogen (secondary N) is 1. The third-order valence-electron chi connectivity index (χ3n) is 5.68. The molecule has 2 aliphatic carbocycles. The topological polar surface area (TPSA) is 70.6 Å². The van der Waals surface area contributed by atoms with Gasteiger partial charge in [0.1, 0.15) is 5.84 Å². The van der Waals surface area contributed by atoms with Crippen molar-refractivity contribution in [3.63, 3.8) is 0 Å². The van der Waals surface area contributed by atoms with Crippen LogP contribution < -0.4 is 11.1 Å². The molecule has 0 amide bonds. The fourth-order valence-corrected chi connectivity index (χ4v) is 4.18. The molecule has 2 bridgehead atoms. The van der Waals surface area contributed by atoms with Gasteiger partial charge in [0.15, 0.2) is 0 Å². The molecule has 2 rings (SSSR count). The quantitative estimate of drug-likeness (QED) is 0.221. The van der Waals surface area contributed by atoms with Crippen molar-refractivity contribution in [3.05, 3.63) is 0 Å². The van der Waals surface area contributed by atoms with E-state index in [-0.39, 0.29) is 5.41 Å². The Morgan fingerprint density at radius 2 is 2.15 bits per heavy atom. The van der Waals surface area contributed by atoms with Crippen molar-refractivity contribution < 1.29 is 5.21 Å². The summed E-state index contributed by atoms with van der Waals surface area (Å²) in [6.45, 7) is 7.43. The van der Waals surface area contributed by atoms with Gasteiger partial charge in [-0.05, 0) is 63.3 Å². The van der Waals surface area contributed by atoms with Gasteiger partial charge in [-0.25, -0.2) is 0 Å². The van der Waals surface area contributed by atoms with E-state index in [0.717, 1.165) is 37.1 Å². The van der Waals surface area contributed by atoms with Crippen molar-refractivity contribution in [1.82, 2.24) is 5.32 Å². The number of nitrogens with zero attached hydrogens (tertiary/aromatic N) is 1. The molecular formula is C16H31N3O. The lowest BCUT2D eigenvalue weighted by atomic mass is 9.83. The van der Waals surface area contributed by atoms with E-state index in [0.29, 0.717) is 11.9 Å². The predicted molar refractivity (Wildman–Crippen MR) is 82.8 cm³/mol. The minimum atomic E-state index is -0.216. The lowest BCUT2D eigenvalue weighted by molar-refractivity contribution is 0.257. The molecule has 0 aromatic heterocycles. The van der Waals surface area contributed by atoms with Crippen molar-refractivity contribution >= 4 is 5.84 Å². The summed E-state index contributed by atoms with van der Waals surface area (Å²) in [5.41, 5.74) is 5.50. The molecule has 4 heteroatoms. The van der Waals surface area contributed by atoms with Crippen LogP contribution in [0.5, 0.6) is 0 Å². The Kier molecular flexibility index (Phi) is 4.95. The fraction of sp³-hybridized carbons (Fsp3) is 0.938. The molecule has 4 unspecified atom stereocenters. The molecule has 20 heavy (non-hydrogen) atoms. The summed E-state index contributed by atoms with van der Waals surface area (Å²) in [5, 5.41) is 15.6. The van der Waals surface area contributed by atoms with Gasteiger partial charge in [0.05, 0.1) is 0 Å². The Morgan fingerprint density at radius 1 is 1.40 bits per heavy atom. The van der Waals surface area contributed by atoms with Gasteiger partial charge in [-0.1, -0.05) is 25.4 Å². The minimum absolute atomic E-state index is 0.216. The van der Waals surface area contributed by atoms with Crippen LogP contribution in [-0.2, 0) is 0 Å². The van der Waals surface area contributed by atoms with Crippen molar-refractivity contribution in [3.8, 4) is 0 Å². The maximum absolute atomic E-state index is 8.77. The number of hydrogen-bond acceptors (Lipinski definition) is 3. The maximum Gasteiger partial charge on any atom is 0.144 e. The van der Waals surface area contributed by atoms with Crippen LogP contribution in [-0.4, -0.2) is 23.6 Å². The second kappa shape index (κ2) is 6.33. The van der Waals surface area contributed by atoms with E-state index in [4.69, 9.17) is 10.9 Å². The SMILES string of the molecule is CC(NCCCC(C)(C)C(N)=NO)C1CC2CCC1C2. The zero-order valence-corrected chi connectivity index (χ0v) is 13.2. The van der Waals surface area contributed by atoms with Gasteiger partial charge in [-0.2, -0.15) is 0 Å². The van der Waals surface area contributed by atoms with Gasteiger partial charge < -0.3 is 16.3 Å². The van der Waals surface area contributed by atoms with Gasteiger partial charge >= 0.3 is 0 Å². The molecule has 0 heterocycles. The first-order chi connectivity index (χ1) is 9.44. The fourth-order valence-electron chi connectivity index (χ4n) is 4.18. The van der Waals surface area contributed by atoms with Crippen LogP contribution in [0.3, 0.4) is 0 Å². The summed E-state index contributed by atoms with van der Waals surface area (Å²) in [4.78, 5) is 0. The van der Waals surface area contributed by atoms with E-state index in [1.807, 2.05) is 13.8 Å². The Morgan fingerprint density at radius 3 is 2.70 bits per heavy atom. The van der Waals surface area contributed by atoms with E-state index >= 15 is 0 Å². The average Bonchev–Trinajstić information content (AvgIpc) is 3.04. The summed E-state index contributed by atoms with van der Waals surface area (Å²) >= 11 is 0. The molecule has 0 spiro atoms. The highest BCUT2D eigenvalue weighted by Crippen LogP contribution is 2.49. The molecule has 0 radical (unpaired) electrons. The van der Waals surface area contributed by atoms with Crippen molar-refractivity contribution in [1.29, 1.82) is 0 Å². The molecule has 2 fully saturated rings. The Labute approximate surface area is 123 Å². The molecule has 4 atom stereocenters. The van der Waals surface area contributed by atoms with Crippen molar-refractivity contribution in [2.75, 3.05) is 6.54 Å². The van der Waals surface area contributed by atoms with Gasteiger partial charge in [-0.3, -0.25) is 0 Å². The Balaban J connectivity index is 1.66. The highest BCUT2D eigenvalue weighted by molar-refractivity contribution is 5.85. The molecule has 0 aliphatic heterocycles. The van der Waals surface area contributed by atoms with Crippen LogP contribution in [0.25, 0.3) is 0 Å². The number of nitrogens with two attached hydrogens (primary N) is 1. The number of hydrogen-bond donors (Lipinski definition) is 3. The molecule has 0 aromatic rings. The summed E-state index contributed by atoms with van der Waals surface area (Å²) in [6.07, 6.45) is 7.86. The number of fused-ring (bicyclic) bond motifs is 2. The van der Waals surface area contributed by atoms with Crippen LogP contribution in [0, 0.1) is 23.2 Å². The lowest BCUT2D eigenvalue weighted by Gasteiger charge is -2.29. The first-order valence-corrected chi connectivity index (χ1v) is 8.15. The van der Waals surface area contributed by atoms with Crippen LogP contribution in [0.15, 0.2) is 5.16 Å². The van der Waals surface area contributed by atoms with Crippen LogP contribution >= 0.6 is 0 Å². The smallest absolute Gasteiger partial charge is 0.144 e. The Bertz CT molecular complexity index is 354. The molecule has 116 valence electrons. The van der Waals surface area contributed by atoms with E-state index in [2.05, 4.69) is 17.4 Å². The van der Waals surface area contributed by atoms with Gasteiger partial charge in [0.2, 0.25) is 0 Å². The third kappa shape index (κ3) is 3.46. The van der Waals surface area contributed by atoms with Crippen LogP contribution in [0.4, 0.5) is 0 Å². The van der Waals surface area contributed by atoms with Gasteiger partial charge in [-0.15, -0.1) is 0 Å². The van der Waals surface area contributed by atoms with Crippen LogP contribution in [0.1, 0.15) is 59.3 Å². The van der Waals surface area contributed by atoms with Crippen molar-refractivity contribution in [2.45, 2.75) is 65.3 Å². The number of rotatable bonds is 7. The minimum Gasteiger partial charge on any atom is -0.409 e. The van der Waals surface area contributed by atoms with E-state index < -0.39 is 0 Å². The van der Waals surface area contributed by atoms with E-state index in [9.17, 15) is 0 Å². The molecule has 2 saturated carbocycles. The average molecular weight is 281 g/mol. The summed E-state index contributed by atoms with van der Waals surface area (Å²) in [5.74, 6) is 3.23. The zero-order valence-electron chi connectivity index (χ0n) is 13.2. The second-order valence-electron chi connectivity index (χ2n) is 7.55. The molecular weight excluding hydrogens is 250 g/mol. The van der Waals surface area contributed by atoms with Crippen molar-refractivity contribution in [2.24, 2.45) is 34.1 Å². The second-order valence-corrected chi connectivity index (χ2v) is 7.55. The molecule has 2 aliphatic rings. The standard InChI is InChI=1S/C16H31N3O/c1-11(14-10-12-5-6-13(14)9-12)18-8-4-7-16(2,3)15(17)19-20/h11-14,18,20H,4-10H2,1-3H3,(H2,17,19). The van der Waals surface area contributed by atoms with Gasteiger partial charge in [0, 0.05) is 11.5 Å². The summed E-state index contributed by atoms with van der Waals surface area (Å²) < 4.78 is 0. The highest BCUT2D eigenvalue weighted by atomic mass is 16.4. The van der Waals surface area contributed by atoms with Crippen LogP contribution in [0.2, 0.25) is 0 Å². The summed E-state index contributed by atoms with van der Waals surface area (Å²) in [6, 6.07) is 0.636. The molecule has 4 nitrogen and oxygen atoms in total. The third-order valence-corrected chi connectivity index (χ3v) is 5.68. The molecule has 0 saturated heterocycles.